The van der Waals surface area contributed by atoms with Crippen molar-refractivity contribution in [2.24, 2.45) is 0 Å². The van der Waals surface area contributed by atoms with E-state index in [2.05, 4.69) is 35.3 Å². The smallest absolute Gasteiger partial charge is 0.147 e. The van der Waals surface area contributed by atoms with Crippen LogP contribution in [0.4, 0.5) is 0 Å². The lowest BCUT2D eigenvalue weighted by Crippen LogP contribution is -2.02. The Balaban J connectivity index is 0.00000192. The third-order valence-electron chi connectivity index (χ3n) is 4.02. The van der Waals surface area contributed by atoms with Crippen LogP contribution >= 0.6 is 12.4 Å². The van der Waals surface area contributed by atoms with E-state index in [4.69, 9.17) is 4.74 Å². The van der Waals surface area contributed by atoms with Crippen LogP contribution in [0.25, 0.3) is 11.0 Å². The summed E-state index contributed by atoms with van der Waals surface area (Å²) in [6.07, 6.45) is 6.51. The highest BCUT2D eigenvalue weighted by Gasteiger charge is 2.15. The Hall–Kier alpha value is -2.07. The number of hydrogen-bond donors (Lipinski definition) is 0. The van der Waals surface area contributed by atoms with Gasteiger partial charge in [0.15, 0.2) is 0 Å². The summed E-state index contributed by atoms with van der Waals surface area (Å²) < 4.78 is 8.38. The van der Waals surface area contributed by atoms with Crippen molar-refractivity contribution < 1.29 is 4.74 Å². The van der Waals surface area contributed by atoms with Gasteiger partial charge in [-0.3, -0.25) is 9.97 Å². The van der Waals surface area contributed by atoms with Gasteiger partial charge in [0.2, 0.25) is 0 Å². The number of hydrogen-bond acceptors (Lipinski definition) is 3. The molecule has 0 atom stereocenters. The van der Waals surface area contributed by atoms with Crippen LogP contribution in [0.1, 0.15) is 30.2 Å². The number of rotatable bonds is 5. The number of aromatic nitrogens is 3. The molecule has 3 aromatic heterocycles. The Labute approximate surface area is 142 Å². The van der Waals surface area contributed by atoms with Gasteiger partial charge in [-0.15, -0.1) is 12.4 Å². The lowest BCUT2D eigenvalue weighted by atomic mass is 10.2. The zero-order valence-electron chi connectivity index (χ0n) is 13.7. The van der Waals surface area contributed by atoms with Gasteiger partial charge in [0.1, 0.15) is 17.9 Å². The fraction of sp³-hybridized carbons (Fsp3) is 0.333. The first-order valence-electron chi connectivity index (χ1n) is 7.68. The van der Waals surface area contributed by atoms with Crippen LogP contribution in [0.2, 0.25) is 0 Å². The molecule has 0 spiro atoms. The molecule has 0 aliphatic rings. The number of pyridine rings is 2. The minimum absolute atomic E-state index is 0. The van der Waals surface area contributed by atoms with Gasteiger partial charge in [0.25, 0.3) is 0 Å². The second-order valence-corrected chi connectivity index (χ2v) is 5.52. The average Bonchev–Trinajstić information content (AvgIpc) is 2.80. The van der Waals surface area contributed by atoms with Crippen molar-refractivity contribution in [3.8, 4) is 5.75 Å². The molecule has 5 heteroatoms. The zero-order valence-corrected chi connectivity index (χ0v) is 14.6. The van der Waals surface area contributed by atoms with Crippen LogP contribution < -0.4 is 4.74 Å². The van der Waals surface area contributed by atoms with Crippen LogP contribution in [0.3, 0.4) is 0 Å². The molecule has 3 heterocycles. The molecule has 122 valence electrons. The first kappa shape index (κ1) is 17.3. The van der Waals surface area contributed by atoms with Gasteiger partial charge in [-0.1, -0.05) is 13.0 Å². The van der Waals surface area contributed by atoms with E-state index in [1.807, 2.05) is 30.6 Å². The summed E-state index contributed by atoms with van der Waals surface area (Å²) >= 11 is 0. The second kappa shape index (κ2) is 7.47. The van der Waals surface area contributed by atoms with Crippen LogP contribution in [-0.4, -0.2) is 14.5 Å². The second-order valence-electron chi connectivity index (χ2n) is 5.52. The van der Waals surface area contributed by atoms with E-state index >= 15 is 0 Å². The number of aryl methyl sites for hydroxylation is 2. The van der Waals surface area contributed by atoms with E-state index in [9.17, 15) is 0 Å². The summed E-state index contributed by atoms with van der Waals surface area (Å²) in [6.45, 7) is 7.96. The van der Waals surface area contributed by atoms with Gasteiger partial charge in [-0.05, 0) is 31.9 Å². The molecule has 0 saturated heterocycles. The number of fused-ring (bicyclic) bond motifs is 1. The number of nitrogens with zero attached hydrogens (tertiary/aromatic N) is 3. The molecule has 0 amide bonds. The van der Waals surface area contributed by atoms with Crippen molar-refractivity contribution in [1.29, 1.82) is 0 Å². The highest BCUT2D eigenvalue weighted by molar-refractivity contribution is 5.86. The first-order chi connectivity index (χ1) is 10.7. The van der Waals surface area contributed by atoms with Gasteiger partial charge in [-0.2, -0.15) is 0 Å². The zero-order chi connectivity index (χ0) is 15.5. The van der Waals surface area contributed by atoms with Crippen LogP contribution in [-0.2, 0) is 13.2 Å². The van der Waals surface area contributed by atoms with Gasteiger partial charge >= 0.3 is 0 Å². The topological polar surface area (TPSA) is 39.9 Å². The maximum absolute atomic E-state index is 6.06. The van der Waals surface area contributed by atoms with Crippen molar-refractivity contribution in [2.45, 2.75) is 40.3 Å². The normalized spacial score (nSPS) is 10.6. The molecule has 0 bridgehead atoms. The standard InChI is InChI=1S/C18H21N3O.ClH/c1-4-10-21-14(3)13(2)17-18(21)16(7-9-20-17)22-12-15-6-5-8-19-11-15;/h5-9,11H,4,10,12H2,1-3H3;1H. The van der Waals surface area contributed by atoms with Crippen LogP contribution in [0.15, 0.2) is 36.8 Å². The number of ether oxygens (including phenoxy) is 1. The van der Waals surface area contributed by atoms with Crippen molar-refractivity contribution in [3.63, 3.8) is 0 Å². The largest absolute Gasteiger partial charge is 0.487 e. The van der Waals surface area contributed by atoms with E-state index < -0.39 is 0 Å². The minimum atomic E-state index is 0. The van der Waals surface area contributed by atoms with E-state index in [1.165, 1.54) is 11.3 Å². The molecule has 0 fully saturated rings. The summed E-state index contributed by atoms with van der Waals surface area (Å²) in [4.78, 5) is 8.67. The van der Waals surface area contributed by atoms with E-state index in [-0.39, 0.29) is 12.4 Å². The van der Waals surface area contributed by atoms with Gasteiger partial charge < -0.3 is 9.30 Å². The SMILES string of the molecule is CCCn1c(C)c(C)c2nccc(OCc3cccnc3)c21.Cl. The Kier molecular flexibility index (Phi) is 5.61. The summed E-state index contributed by atoms with van der Waals surface area (Å²) in [6, 6.07) is 5.89. The van der Waals surface area contributed by atoms with Gasteiger partial charge in [0.05, 0.1) is 5.52 Å². The molecule has 23 heavy (non-hydrogen) atoms. The summed E-state index contributed by atoms with van der Waals surface area (Å²) in [5.74, 6) is 0.888. The molecule has 0 aromatic carbocycles. The van der Waals surface area contributed by atoms with E-state index in [1.54, 1.807) is 6.20 Å². The lowest BCUT2D eigenvalue weighted by molar-refractivity contribution is 0.308. The van der Waals surface area contributed by atoms with Crippen molar-refractivity contribution >= 4 is 23.4 Å². The molecule has 0 aliphatic heterocycles. The Morgan fingerprint density at radius 1 is 1.17 bits per heavy atom. The lowest BCUT2D eigenvalue weighted by Gasteiger charge is -2.11. The van der Waals surface area contributed by atoms with Gasteiger partial charge in [0, 0.05) is 42.5 Å². The Morgan fingerprint density at radius 3 is 2.70 bits per heavy atom. The fourth-order valence-electron chi connectivity index (χ4n) is 2.78. The fourth-order valence-corrected chi connectivity index (χ4v) is 2.78. The molecule has 3 rings (SSSR count). The molecule has 0 saturated carbocycles. The summed E-state index contributed by atoms with van der Waals surface area (Å²) in [7, 11) is 0. The predicted octanol–water partition coefficient (Wildman–Crippen LogP) is 4.46. The average molecular weight is 332 g/mol. The van der Waals surface area contributed by atoms with Crippen molar-refractivity contribution in [2.75, 3.05) is 0 Å². The molecular weight excluding hydrogens is 310 g/mol. The van der Waals surface area contributed by atoms with Crippen LogP contribution in [0.5, 0.6) is 5.75 Å². The quantitative estimate of drug-likeness (QED) is 0.693. The third kappa shape index (κ3) is 3.32. The molecule has 0 radical (unpaired) electrons. The molecular formula is C18H22ClN3O. The molecule has 4 nitrogen and oxygen atoms in total. The highest BCUT2D eigenvalue weighted by Crippen LogP contribution is 2.31. The highest BCUT2D eigenvalue weighted by atomic mass is 35.5. The van der Waals surface area contributed by atoms with Crippen LogP contribution in [0, 0.1) is 13.8 Å². The van der Waals surface area contributed by atoms with E-state index in [0.29, 0.717) is 6.61 Å². The summed E-state index contributed by atoms with van der Waals surface area (Å²) in [5, 5.41) is 0. The number of halogens is 1. The molecule has 0 unspecified atom stereocenters. The minimum Gasteiger partial charge on any atom is -0.487 e. The maximum atomic E-state index is 6.06. The monoisotopic (exact) mass is 331 g/mol. The maximum Gasteiger partial charge on any atom is 0.147 e. The van der Waals surface area contributed by atoms with E-state index in [0.717, 1.165) is 35.3 Å². The predicted molar refractivity (Wildman–Crippen MR) is 95.3 cm³/mol. The molecule has 0 aliphatic carbocycles. The Morgan fingerprint density at radius 2 is 2.00 bits per heavy atom. The first-order valence-corrected chi connectivity index (χ1v) is 7.68. The summed E-state index contributed by atoms with van der Waals surface area (Å²) in [5.41, 5.74) is 5.70. The molecule has 0 N–H and O–H groups in total. The third-order valence-corrected chi connectivity index (χ3v) is 4.02. The Bertz CT molecular complexity index is 784. The van der Waals surface area contributed by atoms with Crippen molar-refractivity contribution in [1.82, 2.24) is 14.5 Å². The van der Waals surface area contributed by atoms with Crippen molar-refractivity contribution in [3.05, 3.63) is 53.6 Å². The molecule has 3 aromatic rings. The van der Waals surface area contributed by atoms with Gasteiger partial charge in [-0.25, -0.2) is 0 Å².